The molecule has 0 aliphatic carbocycles. The number of halogens is 3. The van der Waals surface area contributed by atoms with Crippen molar-refractivity contribution in [3.8, 4) is 0 Å². The molecule has 0 unspecified atom stereocenters. The van der Waals surface area contributed by atoms with Gasteiger partial charge in [0.2, 0.25) is 21.8 Å². The van der Waals surface area contributed by atoms with Crippen LogP contribution in [0.3, 0.4) is 0 Å². The molecule has 1 atom stereocenters. The minimum atomic E-state index is -3.87. The first-order valence-corrected chi connectivity index (χ1v) is 13.4. The zero-order chi connectivity index (χ0) is 25.8. The van der Waals surface area contributed by atoms with Crippen molar-refractivity contribution in [3.05, 3.63) is 63.1 Å². The van der Waals surface area contributed by atoms with Crippen LogP contribution in [0.15, 0.2) is 42.5 Å². The smallest absolute Gasteiger partial charge is 0.244 e. The summed E-state index contributed by atoms with van der Waals surface area (Å²) in [6, 6.07) is 10.3. The largest absolute Gasteiger partial charge is 0.350 e. The van der Waals surface area contributed by atoms with Gasteiger partial charge in [0.1, 0.15) is 12.6 Å². The van der Waals surface area contributed by atoms with Crippen LogP contribution in [0.25, 0.3) is 0 Å². The lowest BCUT2D eigenvalue weighted by Crippen LogP contribution is -2.54. The lowest BCUT2D eigenvalue weighted by Gasteiger charge is -2.33. The van der Waals surface area contributed by atoms with Gasteiger partial charge in [0.05, 0.1) is 22.0 Å². The van der Waals surface area contributed by atoms with Crippen LogP contribution in [0.2, 0.25) is 15.1 Å². The number of anilines is 1. The summed E-state index contributed by atoms with van der Waals surface area (Å²) < 4.78 is 26.1. The predicted molar refractivity (Wildman–Crippen MR) is 138 cm³/mol. The quantitative estimate of drug-likeness (QED) is 0.516. The number of hydrogen-bond donors (Lipinski definition) is 1. The fourth-order valence-electron chi connectivity index (χ4n) is 3.14. The van der Waals surface area contributed by atoms with Crippen LogP contribution >= 0.6 is 34.8 Å². The SMILES string of the molecule is C[C@@H](C(=O)NC(C)(C)C)N(Cc1cccc(Cl)c1)C(=O)CN(c1ccc(Cl)c(Cl)c1)S(C)(=O)=O. The highest BCUT2D eigenvalue weighted by Crippen LogP contribution is 2.28. The maximum absolute atomic E-state index is 13.5. The molecule has 2 amide bonds. The highest BCUT2D eigenvalue weighted by molar-refractivity contribution is 7.92. The van der Waals surface area contributed by atoms with Gasteiger partial charge in [-0.15, -0.1) is 0 Å². The summed E-state index contributed by atoms with van der Waals surface area (Å²) in [7, 11) is -3.87. The topological polar surface area (TPSA) is 86.8 Å². The van der Waals surface area contributed by atoms with E-state index >= 15 is 0 Å². The normalized spacial score (nSPS) is 12.7. The van der Waals surface area contributed by atoms with Gasteiger partial charge in [-0.05, 0) is 63.6 Å². The van der Waals surface area contributed by atoms with E-state index in [9.17, 15) is 18.0 Å². The summed E-state index contributed by atoms with van der Waals surface area (Å²) in [6.45, 7) is 6.60. The number of carbonyl (C=O) groups is 2. The highest BCUT2D eigenvalue weighted by Gasteiger charge is 2.31. The molecule has 7 nitrogen and oxygen atoms in total. The predicted octanol–water partition coefficient (Wildman–Crippen LogP) is 4.74. The van der Waals surface area contributed by atoms with E-state index < -0.39 is 34.1 Å². The zero-order valence-corrected chi connectivity index (χ0v) is 22.7. The van der Waals surface area contributed by atoms with E-state index in [4.69, 9.17) is 34.8 Å². The van der Waals surface area contributed by atoms with E-state index in [2.05, 4.69) is 5.32 Å². The molecule has 34 heavy (non-hydrogen) atoms. The maximum atomic E-state index is 13.5. The summed E-state index contributed by atoms with van der Waals surface area (Å²) in [5.41, 5.74) is 0.353. The standard InChI is InChI=1S/C23H28Cl3N3O4S/c1-15(22(31)27-23(2,3)4)28(13-16-7-6-8-17(24)11-16)21(30)14-29(34(5,32)33)18-9-10-19(25)20(26)12-18/h6-12,15H,13-14H2,1-5H3,(H,27,31)/t15-/m0/s1. The van der Waals surface area contributed by atoms with E-state index in [0.29, 0.717) is 10.6 Å². The maximum Gasteiger partial charge on any atom is 0.244 e. The van der Waals surface area contributed by atoms with E-state index in [1.54, 1.807) is 31.2 Å². The van der Waals surface area contributed by atoms with Gasteiger partial charge in [0.25, 0.3) is 0 Å². The van der Waals surface area contributed by atoms with Gasteiger partial charge < -0.3 is 10.2 Å². The van der Waals surface area contributed by atoms with Crippen molar-refractivity contribution < 1.29 is 18.0 Å². The fraction of sp³-hybridized carbons (Fsp3) is 0.391. The molecule has 0 heterocycles. The molecule has 0 aliphatic rings. The Balaban J connectivity index is 2.43. The number of nitrogens with one attached hydrogen (secondary N) is 1. The van der Waals surface area contributed by atoms with Crippen molar-refractivity contribution in [1.82, 2.24) is 10.2 Å². The Morgan fingerprint density at radius 1 is 1.03 bits per heavy atom. The van der Waals surface area contributed by atoms with Gasteiger partial charge in [-0.1, -0.05) is 46.9 Å². The molecule has 0 aromatic heterocycles. The lowest BCUT2D eigenvalue weighted by atomic mass is 10.1. The van der Waals surface area contributed by atoms with Crippen LogP contribution in [0.4, 0.5) is 5.69 Å². The Bertz CT molecular complexity index is 1170. The number of benzene rings is 2. The molecule has 0 aliphatic heterocycles. The Labute approximate surface area is 216 Å². The van der Waals surface area contributed by atoms with Crippen LogP contribution in [0.5, 0.6) is 0 Å². The number of hydrogen-bond acceptors (Lipinski definition) is 4. The van der Waals surface area contributed by atoms with Crippen molar-refractivity contribution in [1.29, 1.82) is 0 Å². The van der Waals surface area contributed by atoms with Gasteiger partial charge in [-0.2, -0.15) is 0 Å². The molecule has 2 aromatic rings. The highest BCUT2D eigenvalue weighted by atomic mass is 35.5. The van der Waals surface area contributed by atoms with Gasteiger partial charge in [0.15, 0.2) is 0 Å². The van der Waals surface area contributed by atoms with Gasteiger partial charge in [-0.3, -0.25) is 13.9 Å². The van der Waals surface area contributed by atoms with Crippen molar-refractivity contribution >= 4 is 62.3 Å². The molecule has 0 saturated carbocycles. The first kappa shape index (κ1) is 28.2. The summed E-state index contributed by atoms with van der Waals surface area (Å²) >= 11 is 18.1. The summed E-state index contributed by atoms with van der Waals surface area (Å²) in [4.78, 5) is 27.7. The van der Waals surface area contributed by atoms with Crippen LogP contribution in [0.1, 0.15) is 33.3 Å². The third-order valence-electron chi connectivity index (χ3n) is 4.78. The molecule has 0 saturated heterocycles. The van der Waals surface area contributed by atoms with Crippen molar-refractivity contribution in [2.75, 3.05) is 17.1 Å². The fourth-order valence-corrected chi connectivity index (χ4v) is 4.49. The van der Waals surface area contributed by atoms with Crippen LogP contribution in [-0.2, 0) is 26.2 Å². The molecule has 186 valence electrons. The zero-order valence-electron chi connectivity index (χ0n) is 19.6. The second-order valence-corrected chi connectivity index (χ2v) is 12.1. The van der Waals surface area contributed by atoms with Crippen LogP contribution in [-0.4, -0.2) is 49.5 Å². The average Bonchev–Trinajstić information content (AvgIpc) is 2.69. The Morgan fingerprint density at radius 3 is 2.21 bits per heavy atom. The van der Waals surface area contributed by atoms with E-state index in [1.807, 2.05) is 20.8 Å². The average molecular weight is 549 g/mol. The molecule has 2 aromatic carbocycles. The molecule has 2 rings (SSSR count). The van der Waals surface area contributed by atoms with Gasteiger partial charge in [-0.25, -0.2) is 8.42 Å². The molecule has 0 fully saturated rings. The van der Waals surface area contributed by atoms with Crippen molar-refractivity contribution in [2.24, 2.45) is 0 Å². The van der Waals surface area contributed by atoms with Crippen LogP contribution < -0.4 is 9.62 Å². The summed E-state index contributed by atoms with van der Waals surface area (Å²) in [6.07, 6.45) is 0.986. The number of nitrogens with zero attached hydrogens (tertiary/aromatic N) is 2. The molecule has 11 heteroatoms. The third-order valence-corrected chi connectivity index (χ3v) is 6.89. The second-order valence-electron chi connectivity index (χ2n) is 8.93. The second kappa shape index (κ2) is 11.2. The minimum Gasteiger partial charge on any atom is -0.350 e. The first-order chi connectivity index (χ1) is 15.6. The molecular formula is C23H28Cl3N3O4S. The molecule has 0 radical (unpaired) electrons. The Morgan fingerprint density at radius 2 is 1.68 bits per heavy atom. The first-order valence-electron chi connectivity index (χ1n) is 10.4. The molecule has 1 N–H and O–H groups in total. The van der Waals surface area contributed by atoms with Crippen LogP contribution in [0, 0.1) is 0 Å². The number of rotatable bonds is 8. The Kier molecular flexibility index (Phi) is 9.27. The summed E-state index contributed by atoms with van der Waals surface area (Å²) in [5, 5.41) is 3.73. The molecule has 0 spiro atoms. The van der Waals surface area contributed by atoms with Crippen molar-refractivity contribution in [2.45, 2.75) is 45.8 Å². The third kappa shape index (κ3) is 8.05. The molecule has 0 bridgehead atoms. The number of sulfonamides is 1. The minimum absolute atomic E-state index is 0.0527. The van der Waals surface area contributed by atoms with E-state index in [0.717, 1.165) is 10.6 Å². The van der Waals surface area contributed by atoms with E-state index in [1.165, 1.54) is 23.1 Å². The molecular weight excluding hydrogens is 521 g/mol. The van der Waals surface area contributed by atoms with Crippen molar-refractivity contribution in [3.63, 3.8) is 0 Å². The monoisotopic (exact) mass is 547 g/mol. The van der Waals surface area contributed by atoms with Gasteiger partial charge in [0, 0.05) is 17.1 Å². The Hall–Kier alpha value is -2.00. The number of amides is 2. The number of carbonyl (C=O) groups excluding carboxylic acids is 2. The van der Waals surface area contributed by atoms with E-state index in [-0.39, 0.29) is 28.2 Å². The lowest BCUT2D eigenvalue weighted by molar-refractivity contribution is -0.140. The summed E-state index contributed by atoms with van der Waals surface area (Å²) in [5.74, 6) is -0.948. The van der Waals surface area contributed by atoms with Gasteiger partial charge >= 0.3 is 0 Å².